The minimum atomic E-state index is 0.541. The van der Waals surface area contributed by atoms with Gasteiger partial charge in [0.25, 0.3) is 0 Å². The van der Waals surface area contributed by atoms with E-state index in [9.17, 15) is 0 Å². The predicted molar refractivity (Wildman–Crippen MR) is 50.8 cm³/mol. The Labute approximate surface area is 79.8 Å². The van der Waals surface area contributed by atoms with Crippen LogP contribution in [-0.4, -0.2) is 39.5 Å². The number of ether oxygens (including phenoxy) is 2. The highest BCUT2D eigenvalue weighted by molar-refractivity contribution is 5.03. The summed E-state index contributed by atoms with van der Waals surface area (Å²) in [6, 6.07) is 0. The lowest BCUT2D eigenvalue weighted by atomic mass is 9.63. The zero-order chi connectivity index (χ0) is 9.15. The molecule has 3 nitrogen and oxygen atoms in total. The van der Waals surface area contributed by atoms with Crippen LogP contribution in [0.3, 0.4) is 0 Å². The van der Waals surface area contributed by atoms with Crippen LogP contribution in [0.5, 0.6) is 0 Å². The lowest BCUT2D eigenvalue weighted by Gasteiger charge is -2.54. The Morgan fingerprint density at radius 2 is 2.08 bits per heavy atom. The predicted octanol–water partition coefficient (Wildman–Crippen LogP) is 0.791. The van der Waals surface area contributed by atoms with Gasteiger partial charge in [0.1, 0.15) is 0 Å². The van der Waals surface area contributed by atoms with Gasteiger partial charge in [-0.1, -0.05) is 0 Å². The molecular weight excluding hydrogens is 166 g/mol. The van der Waals surface area contributed by atoms with Crippen LogP contribution >= 0.6 is 0 Å². The zero-order valence-corrected chi connectivity index (χ0v) is 8.34. The molecule has 76 valence electrons. The van der Waals surface area contributed by atoms with Gasteiger partial charge in [0.05, 0.1) is 6.10 Å². The van der Waals surface area contributed by atoms with E-state index in [2.05, 4.69) is 5.32 Å². The highest BCUT2D eigenvalue weighted by Crippen LogP contribution is 2.45. The number of rotatable bonds is 5. The first kappa shape index (κ1) is 9.44. The summed E-state index contributed by atoms with van der Waals surface area (Å²) in [5, 5.41) is 3.33. The van der Waals surface area contributed by atoms with Crippen LogP contribution < -0.4 is 5.32 Å². The third-order valence-electron chi connectivity index (χ3n) is 3.17. The third-order valence-corrected chi connectivity index (χ3v) is 3.17. The molecule has 3 heteroatoms. The van der Waals surface area contributed by atoms with Crippen LogP contribution in [0, 0.1) is 5.41 Å². The fraction of sp³-hybridized carbons (Fsp3) is 1.00. The minimum Gasteiger partial charge on any atom is -0.385 e. The molecule has 1 aliphatic carbocycles. The summed E-state index contributed by atoms with van der Waals surface area (Å²) in [7, 11) is 1.73. The first-order chi connectivity index (χ1) is 6.35. The summed E-state index contributed by atoms with van der Waals surface area (Å²) in [5.41, 5.74) is 0.645. The summed E-state index contributed by atoms with van der Waals surface area (Å²) < 4.78 is 10.7. The molecule has 2 aliphatic rings. The Morgan fingerprint density at radius 3 is 2.62 bits per heavy atom. The normalized spacial score (nSPS) is 25.6. The molecule has 1 spiro atoms. The maximum absolute atomic E-state index is 5.70. The molecule has 1 saturated carbocycles. The Balaban J connectivity index is 1.49. The highest BCUT2D eigenvalue weighted by Gasteiger charge is 2.48. The van der Waals surface area contributed by atoms with Crippen LogP contribution in [-0.2, 0) is 9.47 Å². The van der Waals surface area contributed by atoms with Crippen LogP contribution in [0.1, 0.15) is 19.3 Å². The lowest BCUT2D eigenvalue weighted by molar-refractivity contribution is -0.105. The van der Waals surface area contributed by atoms with E-state index in [1.165, 1.54) is 25.9 Å². The highest BCUT2D eigenvalue weighted by atomic mass is 16.5. The molecule has 2 fully saturated rings. The monoisotopic (exact) mass is 185 g/mol. The van der Waals surface area contributed by atoms with Gasteiger partial charge in [0.15, 0.2) is 0 Å². The zero-order valence-electron chi connectivity index (χ0n) is 8.34. The standard InChI is InChI=1S/C10H19NO2/c1-12-3-2-4-13-9-5-10(6-9)7-11-8-10/h9,11H,2-8H2,1H3. The Hall–Kier alpha value is -0.120. The molecule has 1 saturated heterocycles. The fourth-order valence-corrected chi connectivity index (χ4v) is 2.24. The van der Waals surface area contributed by atoms with E-state index in [0.29, 0.717) is 11.5 Å². The van der Waals surface area contributed by atoms with Crippen LogP contribution in [0.25, 0.3) is 0 Å². The Morgan fingerprint density at radius 1 is 1.31 bits per heavy atom. The second-order valence-corrected chi connectivity index (χ2v) is 4.35. The van der Waals surface area contributed by atoms with Gasteiger partial charge in [-0.3, -0.25) is 0 Å². The van der Waals surface area contributed by atoms with Gasteiger partial charge in [-0.25, -0.2) is 0 Å². The smallest absolute Gasteiger partial charge is 0.0587 e. The maximum Gasteiger partial charge on any atom is 0.0587 e. The fourth-order valence-electron chi connectivity index (χ4n) is 2.24. The number of nitrogens with one attached hydrogen (secondary N) is 1. The van der Waals surface area contributed by atoms with Crippen molar-refractivity contribution in [2.45, 2.75) is 25.4 Å². The molecule has 0 aromatic rings. The van der Waals surface area contributed by atoms with Crippen molar-refractivity contribution in [3.8, 4) is 0 Å². The molecule has 0 unspecified atom stereocenters. The van der Waals surface area contributed by atoms with Gasteiger partial charge in [-0.2, -0.15) is 0 Å². The number of hydrogen-bond donors (Lipinski definition) is 1. The second kappa shape index (κ2) is 3.95. The van der Waals surface area contributed by atoms with Crippen molar-refractivity contribution in [3.63, 3.8) is 0 Å². The molecule has 0 aromatic carbocycles. The van der Waals surface area contributed by atoms with Gasteiger partial charge in [0.2, 0.25) is 0 Å². The maximum atomic E-state index is 5.70. The van der Waals surface area contributed by atoms with E-state index in [1.54, 1.807) is 7.11 Å². The first-order valence-corrected chi connectivity index (χ1v) is 5.16. The molecule has 2 rings (SSSR count). The Kier molecular flexibility index (Phi) is 2.86. The van der Waals surface area contributed by atoms with Crippen LogP contribution in [0.4, 0.5) is 0 Å². The minimum absolute atomic E-state index is 0.541. The van der Waals surface area contributed by atoms with Crippen LogP contribution in [0.2, 0.25) is 0 Å². The molecule has 0 aromatic heterocycles. The van der Waals surface area contributed by atoms with Crippen molar-refractivity contribution in [2.24, 2.45) is 5.41 Å². The summed E-state index contributed by atoms with van der Waals surface area (Å²) in [5.74, 6) is 0. The van der Waals surface area contributed by atoms with Gasteiger partial charge < -0.3 is 14.8 Å². The molecule has 1 aliphatic heterocycles. The molecule has 13 heavy (non-hydrogen) atoms. The van der Waals surface area contributed by atoms with Crippen molar-refractivity contribution < 1.29 is 9.47 Å². The molecule has 0 bridgehead atoms. The van der Waals surface area contributed by atoms with Gasteiger partial charge >= 0.3 is 0 Å². The summed E-state index contributed by atoms with van der Waals surface area (Å²) in [6.45, 7) is 4.11. The van der Waals surface area contributed by atoms with Crippen molar-refractivity contribution in [2.75, 3.05) is 33.4 Å². The van der Waals surface area contributed by atoms with Crippen molar-refractivity contribution in [1.29, 1.82) is 0 Å². The summed E-state index contributed by atoms with van der Waals surface area (Å²) in [6.07, 6.45) is 4.11. The van der Waals surface area contributed by atoms with E-state index in [-0.39, 0.29) is 0 Å². The topological polar surface area (TPSA) is 30.5 Å². The summed E-state index contributed by atoms with van der Waals surface area (Å²) >= 11 is 0. The average molecular weight is 185 g/mol. The van der Waals surface area contributed by atoms with Gasteiger partial charge in [-0.05, 0) is 19.3 Å². The SMILES string of the molecule is COCCCOC1CC2(CNC2)C1. The van der Waals surface area contributed by atoms with Gasteiger partial charge in [-0.15, -0.1) is 0 Å². The van der Waals surface area contributed by atoms with Crippen molar-refractivity contribution in [1.82, 2.24) is 5.32 Å². The third kappa shape index (κ3) is 2.03. The second-order valence-electron chi connectivity index (χ2n) is 4.35. The molecule has 0 radical (unpaired) electrons. The Bertz CT molecular complexity index is 160. The van der Waals surface area contributed by atoms with Crippen molar-refractivity contribution >= 4 is 0 Å². The first-order valence-electron chi connectivity index (χ1n) is 5.16. The quantitative estimate of drug-likeness (QED) is 0.642. The van der Waals surface area contributed by atoms with Crippen molar-refractivity contribution in [3.05, 3.63) is 0 Å². The van der Waals surface area contributed by atoms with E-state index in [4.69, 9.17) is 9.47 Å². The van der Waals surface area contributed by atoms with E-state index < -0.39 is 0 Å². The van der Waals surface area contributed by atoms with E-state index in [1.807, 2.05) is 0 Å². The number of methoxy groups -OCH3 is 1. The summed E-state index contributed by atoms with van der Waals surface area (Å²) in [4.78, 5) is 0. The largest absolute Gasteiger partial charge is 0.385 e. The molecular formula is C10H19NO2. The average Bonchev–Trinajstić information content (AvgIpc) is 1.97. The van der Waals surface area contributed by atoms with E-state index in [0.717, 1.165) is 19.6 Å². The van der Waals surface area contributed by atoms with Crippen LogP contribution in [0.15, 0.2) is 0 Å². The number of hydrogen-bond acceptors (Lipinski definition) is 3. The molecule has 1 heterocycles. The lowest BCUT2D eigenvalue weighted by Crippen LogP contribution is -2.62. The molecule has 1 N–H and O–H groups in total. The van der Waals surface area contributed by atoms with E-state index >= 15 is 0 Å². The molecule has 0 amide bonds. The van der Waals surface area contributed by atoms with Gasteiger partial charge in [0, 0.05) is 38.8 Å². The molecule has 0 atom stereocenters.